The monoisotopic (exact) mass is 542 g/mol. The minimum absolute atomic E-state index is 0.0928. The maximum absolute atomic E-state index is 13.4. The highest BCUT2D eigenvalue weighted by Gasteiger charge is 2.30. The summed E-state index contributed by atoms with van der Waals surface area (Å²) >= 11 is 11.1. The van der Waals surface area contributed by atoms with Gasteiger partial charge in [0, 0.05) is 16.5 Å². The fourth-order valence-electron chi connectivity index (χ4n) is 3.38. The lowest BCUT2D eigenvalue weighted by Crippen LogP contribution is -2.42. The van der Waals surface area contributed by atoms with Crippen LogP contribution in [0.25, 0.3) is 6.08 Å². The number of carbonyl (C=O) groups excluding carboxylic acids is 2. The highest BCUT2D eigenvalue weighted by molar-refractivity contribution is 9.10. The first-order valence-corrected chi connectivity index (χ1v) is 12.1. The molecular weight excluding hydrogens is 524 g/mol. The SMILES string of the molecule is COc1ccc(C=C2Sc3ccccc3N(CC(=O)NCc3ccccc3Cl)C2=O)cc1Br. The highest BCUT2D eigenvalue weighted by Crippen LogP contribution is 2.42. The first kappa shape index (κ1) is 23.4. The van der Waals surface area contributed by atoms with Crippen molar-refractivity contribution in [3.05, 3.63) is 92.3 Å². The Hall–Kier alpha value is -2.74. The van der Waals surface area contributed by atoms with E-state index in [2.05, 4.69) is 21.2 Å². The minimum atomic E-state index is -0.267. The zero-order chi connectivity index (χ0) is 23.4. The molecule has 0 aliphatic carbocycles. The largest absolute Gasteiger partial charge is 0.496 e. The topological polar surface area (TPSA) is 58.6 Å². The number of amides is 2. The zero-order valence-electron chi connectivity index (χ0n) is 17.7. The van der Waals surface area contributed by atoms with Crippen LogP contribution < -0.4 is 15.0 Å². The molecule has 0 spiro atoms. The summed E-state index contributed by atoms with van der Waals surface area (Å²) in [5.41, 5.74) is 2.38. The molecule has 0 aromatic heterocycles. The number of para-hydroxylation sites is 1. The van der Waals surface area contributed by atoms with Gasteiger partial charge in [0.05, 0.1) is 22.2 Å². The van der Waals surface area contributed by atoms with Gasteiger partial charge in [-0.1, -0.05) is 59.8 Å². The lowest BCUT2D eigenvalue weighted by Gasteiger charge is -2.29. The molecule has 2 amide bonds. The summed E-state index contributed by atoms with van der Waals surface area (Å²) in [4.78, 5) is 29.1. The Morgan fingerprint density at radius 3 is 2.67 bits per heavy atom. The Morgan fingerprint density at radius 2 is 1.91 bits per heavy atom. The van der Waals surface area contributed by atoms with E-state index in [0.29, 0.717) is 27.9 Å². The van der Waals surface area contributed by atoms with Crippen molar-refractivity contribution in [3.8, 4) is 5.75 Å². The first-order chi connectivity index (χ1) is 16.0. The number of methoxy groups -OCH3 is 1. The second kappa shape index (κ2) is 10.5. The summed E-state index contributed by atoms with van der Waals surface area (Å²) in [6.07, 6.45) is 1.82. The van der Waals surface area contributed by atoms with Crippen LogP contribution >= 0.6 is 39.3 Å². The normalized spacial score (nSPS) is 14.2. The van der Waals surface area contributed by atoms with Gasteiger partial charge in [0.15, 0.2) is 0 Å². The number of ether oxygens (including phenoxy) is 1. The van der Waals surface area contributed by atoms with Crippen molar-refractivity contribution in [2.75, 3.05) is 18.6 Å². The Labute approximate surface area is 209 Å². The van der Waals surface area contributed by atoms with Gasteiger partial charge in [-0.25, -0.2) is 0 Å². The van der Waals surface area contributed by atoms with Crippen LogP contribution in [0.4, 0.5) is 5.69 Å². The van der Waals surface area contributed by atoms with Crippen molar-refractivity contribution < 1.29 is 14.3 Å². The Kier molecular flexibility index (Phi) is 7.42. The quantitative estimate of drug-likeness (QED) is 0.393. The number of carbonyl (C=O) groups is 2. The van der Waals surface area contributed by atoms with Crippen LogP contribution in [-0.2, 0) is 16.1 Å². The van der Waals surface area contributed by atoms with Crippen LogP contribution in [0.15, 0.2) is 81.0 Å². The van der Waals surface area contributed by atoms with Crippen LogP contribution in [0, 0.1) is 0 Å². The van der Waals surface area contributed by atoms with E-state index < -0.39 is 0 Å². The van der Waals surface area contributed by atoms with E-state index in [1.54, 1.807) is 13.2 Å². The van der Waals surface area contributed by atoms with Crippen molar-refractivity contribution in [1.82, 2.24) is 5.32 Å². The van der Waals surface area contributed by atoms with Gasteiger partial charge < -0.3 is 10.1 Å². The van der Waals surface area contributed by atoms with Crippen molar-refractivity contribution >= 4 is 62.9 Å². The van der Waals surface area contributed by atoms with E-state index in [-0.39, 0.29) is 18.4 Å². The molecule has 1 aliphatic heterocycles. The van der Waals surface area contributed by atoms with E-state index >= 15 is 0 Å². The molecule has 1 N–H and O–H groups in total. The lowest BCUT2D eigenvalue weighted by molar-refractivity contribution is -0.122. The molecular formula is C25H20BrClN2O3S. The molecule has 0 saturated carbocycles. The minimum Gasteiger partial charge on any atom is -0.496 e. The number of nitrogens with one attached hydrogen (secondary N) is 1. The predicted molar refractivity (Wildman–Crippen MR) is 137 cm³/mol. The lowest BCUT2D eigenvalue weighted by atomic mass is 10.2. The molecule has 1 heterocycles. The van der Waals surface area contributed by atoms with E-state index in [1.807, 2.05) is 66.7 Å². The van der Waals surface area contributed by atoms with Gasteiger partial charge >= 0.3 is 0 Å². The molecule has 0 fully saturated rings. The fourth-order valence-corrected chi connectivity index (χ4v) is 5.20. The number of hydrogen-bond donors (Lipinski definition) is 1. The molecule has 1 aliphatic rings. The van der Waals surface area contributed by atoms with Gasteiger partial charge in [-0.05, 0) is 63.5 Å². The summed E-state index contributed by atoms with van der Waals surface area (Å²) < 4.78 is 6.08. The second-order valence-electron chi connectivity index (χ2n) is 7.23. The summed E-state index contributed by atoms with van der Waals surface area (Å²) in [5.74, 6) is 0.219. The van der Waals surface area contributed by atoms with Gasteiger partial charge in [-0.3, -0.25) is 14.5 Å². The van der Waals surface area contributed by atoms with Crippen LogP contribution in [0.3, 0.4) is 0 Å². The number of benzene rings is 3. The second-order valence-corrected chi connectivity index (χ2v) is 9.58. The van der Waals surface area contributed by atoms with E-state index in [4.69, 9.17) is 16.3 Å². The average molecular weight is 544 g/mol. The van der Waals surface area contributed by atoms with Crippen molar-refractivity contribution in [3.63, 3.8) is 0 Å². The summed E-state index contributed by atoms with van der Waals surface area (Å²) in [6.45, 7) is 0.198. The molecule has 33 heavy (non-hydrogen) atoms. The molecule has 5 nitrogen and oxygen atoms in total. The van der Waals surface area contributed by atoms with Gasteiger partial charge in [0.1, 0.15) is 12.3 Å². The molecule has 4 rings (SSSR count). The summed E-state index contributed by atoms with van der Waals surface area (Å²) in [7, 11) is 1.60. The number of thioether (sulfide) groups is 1. The van der Waals surface area contributed by atoms with Crippen LogP contribution in [0.2, 0.25) is 5.02 Å². The zero-order valence-corrected chi connectivity index (χ0v) is 20.8. The number of fused-ring (bicyclic) bond motifs is 1. The van der Waals surface area contributed by atoms with Gasteiger partial charge in [-0.2, -0.15) is 0 Å². The van der Waals surface area contributed by atoms with Crippen molar-refractivity contribution in [2.24, 2.45) is 0 Å². The molecule has 3 aromatic rings. The predicted octanol–water partition coefficient (Wildman–Crippen LogP) is 5.91. The number of halogens is 2. The Morgan fingerprint density at radius 1 is 1.15 bits per heavy atom. The third kappa shape index (κ3) is 5.43. The molecule has 3 aromatic carbocycles. The number of anilines is 1. The smallest absolute Gasteiger partial charge is 0.265 e. The standard InChI is InChI=1S/C25H20BrClN2O3S/c1-32-21-11-10-16(12-18(21)26)13-23-25(31)29(20-8-4-5-9-22(20)33-23)15-24(30)28-14-17-6-2-3-7-19(17)27/h2-13H,14-15H2,1H3,(H,28,30). The van der Waals surface area contributed by atoms with Gasteiger partial charge in [-0.15, -0.1) is 0 Å². The molecule has 0 atom stereocenters. The third-order valence-electron chi connectivity index (χ3n) is 5.04. The van der Waals surface area contributed by atoms with Gasteiger partial charge in [0.2, 0.25) is 5.91 Å². The van der Waals surface area contributed by atoms with E-state index in [9.17, 15) is 9.59 Å². The van der Waals surface area contributed by atoms with Crippen molar-refractivity contribution in [2.45, 2.75) is 11.4 Å². The number of rotatable bonds is 6. The highest BCUT2D eigenvalue weighted by atomic mass is 79.9. The molecule has 0 bridgehead atoms. The van der Waals surface area contributed by atoms with E-state index in [0.717, 1.165) is 20.5 Å². The molecule has 0 radical (unpaired) electrons. The summed E-state index contributed by atoms with van der Waals surface area (Å²) in [6, 6.07) is 20.5. The van der Waals surface area contributed by atoms with Gasteiger partial charge in [0.25, 0.3) is 5.91 Å². The van der Waals surface area contributed by atoms with E-state index in [1.165, 1.54) is 16.7 Å². The number of nitrogens with zero attached hydrogens (tertiary/aromatic N) is 1. The fraction of sp³-hybridized carbons (Fsp3) is 0.120. The Balaban J connectivity index is 1.56. The van der Waals surface area contributed by atoms with Crippen LogP contribution in [0.5, 0.6) is 5.75 Å². The average Bonchev–Trinajstić information content (AvgIpc) is 2.81. The van der Waals surface area contributed by atoms with Crippen LogP contribution in [-0.4, -0.2) is 25.5 Å². The Bertz CT molecular complexity index is 1250. The molecule has 8 heteroatoms. The maximum atomic E-state index is 13.4. The molecule has 168 valence electrons. The van der Waals surface area contributed by atoms with Crippen molar-refractivity contribution in [1.29, 1.82) is 0 Å². The number of hydrogen-bond acceptors (Lipinski definition) is 4. The van der Waals surface area contributed by atoms with Crippen LogP contribution in [0.1, 0.15) is 11.1 Å². The third-order valence-corrected chi connectivity index (χ3v) is 7.11. The summed E-state index contributed by atoms with van der Waals surface area (Å²) in [5, 5.41) is 3.45. The molecule has 0 saturated heterocycles. The first-order valence-electron chi connectivity index (χ1n) is 10.1. The molecule has 0 unspecified atom stereocenters. The maximum Gasteiger partial charge on any atom is 0.265 e.